The molecular weight excluding hydrogens is 436 g/mol. The van der Waals surface area contributed by atoms with Gasteiger partial charge in [-0.05, 0) is 56.0 Å². The zero-order chi connectivity index (χ0) is 23.0. The van der Waals surface area contributed by atoms with E-state index in [0.29, 0.717) is 17.5 Å². The van der Waals surface area contributed by atoms with Crippen LogP contribution in [0, 0.1) is 11.8 Å². The number of sulfonamides is 1. The largest absolute Gasteiger partial charge is 0.371 e. The number of nitrogens with zero attached hydrogens (tertiary/aromatic N) is 5. The third-order valence-electron chi connectivity index (χ3n) is 6.60. The molecule has 0 saturated carbocycles. The van der Waals surface area contributed by atoms with Crippen molar-refractivity contribution in [2.24, 2.45) is 11.8 Å². The highest BCUT2D eigenvalue weighted by molar-refractivity contribution is 7.93. The Morgan fingerprint density at radius 3 is 2.36 bits per heavy atom. The molecule has 9 heteroatoms. The van der Waals surface area contributed by atoms with Crippen molar-refractivity contribution in [1.29, 1.82) is 0 Å². The first kappa shape index (κ1) is 21.9. The lowest BCUT2D eigenvalue weighted by atomic mass is 10.0. The summed E-state index contributed by atoms with van der Waals surface area (Å²) in [6.45, 7) is 8.23. The number of likely N-dealkylation sites (tertiary alicyclic amines) is 1. The topological polar surface area (TPSA) is 83.4 Å². The number of anilines is 2. The number of nitrogens with one attached hydrogen (secondary N) is 1. The molecule has 2 unspecified atom stereocenters. The third-order valence-corrected chi connectivity index (χ3v) is 8.36. The van der Waals surface area contributed by atoms with Crippen LogP contribution in [0.3, 0.4) is 0 Å². The predicted octanol–water partition coefficient (Wildman–Crippen LogP) is 2.99. The van der Waals surface area contributed by atoms with Gasteiger partial charge in [-0.1, -0.05) is 29.5 Å². The summed E-state index contributed by atoms with van der Waals surface area (Å²) in [6, 6.07) is 17.8. The van der Waals surface area contributed by atoms with Gasteiger partial charge in [0, 0.05) is 38.4 Å². The van der Waals surface area contributed by atoms with Crippen molar-refractivity contribution < 1.29 is 8.42 Å². The van der Waals surface area contributed by atoms with Gasteiger partial charge in [0.2, 0.25) is 10.0 Å². The number of benzene rings is 2. The molecule has 0 spiro atoms. The summed E-state index contributed by atoms with van der Waals surface area (Å²) < 4.78 is 29.0. The van der Waals surface area contributed by atoms with Crippen LogP contribution in [0.15, 0.2) is 60.8 Å². The number of para-hydroxylation sites is 1. The van der Waals surface area contributed by atoms with E-state index in [1.165, 1.54) is 0 Å². The summed E-state index contributed by atoms with van der Waals surface area (Å²) in [5.74, 6) is 1.20. The van der Waals surface area contributed by atoms with Crippen LogP contribution in [0.2, 0.25) is 0 Å². The zero-order valence-corrected chi connectivity index (χ0v) is 19.8. The SMILES string of the molecule is CC(C)S(=O)(=O)Nc1cccc(N2CC3CN(Cc4cn(-c5ccccc5)nn4)CC3C2)c1. The van der Waals surface area contributed by atoms with E-state index in [1.54, 1.807) is 13.8 Å². The van der Waals surface area contributed by atoms with Crippen LogP contribution >= 0.6 is 0 Å². The van der Waals surface area contributed by atoms with E-state index < -0.39 is 15.3 Å². The Balaban J connectivity index is 1.19. The average molecular weight is 467 g/mol. The fourth-order valence-corrected chi connectivity index (χ4v) is 5.48. The van der Waals surface area contributed by atoms with Crippen LogP contribution in [-0.4, -0.2) is 59.7 Å². The summed E-state index contributed by atoms with van der Waals surface area (Å²) in [7, 11) is -3.35. The van der Waals surface area contributed by atoms with E-state index in [0.717, 1.165) is 49.8 Å². The molecule has 0 bridgehead atoms. The van der Waals surface area contributed by atoms with Crippen molar-refractivity contribution in [2.75, 3.05) is 35.8 Å². The maximum Gasteiger partial charge on any atom is 0.235 e. The number of fused-ring (bicyclic) bond motifs is 1. The van der Waals surface area contributed by atoms with Crippen molar-refractivity contribution in [3.8, 4) is 5.69 Å². The molecule has 2 saturated heterocycles. The molecule has 2 aromatic carbocycles. The minimum Gasteiger partial charge on any atom is -0.371 e. The van der Waals surface area contributed by atoms with Crippen LogP contribution in [0.1, 0.15) is 19.5 Å². The van der Waals surface area contributed by atoms with E-state index in [9.17, 15) is 8.42 Å². The summed E-state index contributed by atoms with van der Waals surface area (Å²) in [5.41, 5.74) is 3.70. The first-order valence-electron chi connectivity index (χ1n) is 11.4. The Kier molecular flexibility index (Phi) is 5.84. The Bertz CT molecular complexity index is 1200. The quantitative estimate of drug-likeness (QED) is 0.576. The van der Waals surface area contributed by atoms with Crippen LogP contribution in [-0.2, 0) is 16.6 Å². The van der Waals surface area contributed by atoms with Crippen molar-refractivity contribution in [1.82, 2.24) is 19.9 Å². The smallest absolute Gasteiger partial charge is 0.235 e. The standard InChI is InChI=1S/C24H30N6O2S/c1-18(2)33(31,32)26-21-7-6-10-24(11-21)29-14-19-12-28(13-20(19)15-29)16-22-17-30(27-25-22)23-8-4-3-5-9-23/h3-11,17-20,26H,12-16H2,1-2H3. The van der Waals surface area contributed by atoms with Gasteiger partial charge in [0.25, 0.3) is 0 Å². The highest BCUT2D eigenvalue weighted by Gasteiger charge is 2.40. The first-order chi connectivity index (χ1) is 15.9. The summed E-state index contributed by atoms with van der Waals surface area (Å²) in [6.07, 6.45) is 2.01. The predicted molar refractivity (Wildman–Crippen MR) is 130 cm³/mol. The molecule has 1 N–H and O–H groups in total. The van der Waals surface area contributed by atoms with Crippen molar-refractivity contribution >= 4 is 21.4 Å². The van der Waals surface area contributed by atoms with Crippen molar-refractivity contribution in [3.05, 3.63) is 66.5 Å². The second-order valence-electron chi connectivity index (χ2n) is 9.36. The zero-order valence-electron chi connectivity index (χ0n) is 19.0. The number of hydrogen-bond donors (Lipinski definition) is 1. The van der Waals surface area contributed by atoms with E-state index in [2.05, 4.69) is 30.9 Å². The highest BCUT2D eigenvalue weighted by atomic mass is 32.2. The monoisotopic (exact) mass is 466 g/mol. The van der Waals surface area contributed by atoms with Gasteiger partial charge in [-0.2, -0.15) is 0 Å². The van der Waals surface area contributed by atoms with Gasteiger partial charge >= 0.3 is 0 Å². The van der Waals surface area contributed by atoms with Crippen molar-refractivity contribution in [2.45, 2.75) is 25.6 Å². The first-order valence-corrected chi connectivity index (χ1v) is 13.0. The molecule has 3 aromatic rings. The maximum absolute atomic E-state index is 12.2. The average Bonchev–Trinajstić information content (AvgIpc) is 3.50. The lowest BCUT2D eigenvalue weighted by Crippen LogP contribution is -2.28. The van der Waals surface area contributed by atoms with Gasteiger partial charge in [0.15, 0.2) is 0 Å². The van der Waals surface area contributed by atoms with Crippen LogP contribution in [0.5, 0.6) is 0 Å². The fourth-order valence-electron chi connectivity index (χ4n) is 4.79. The third kappa shape index (κ3) is 4.74. The van der Waals surface area contributed by atoms with Gasteiger partial charge in [-0.3, -0.25) is 9.62 Å². The van der Waals surface area contributed by atoms with E-state index in [4.69, 9.17) is 0 Å². The molecule has 174 valence electrons. The van der Waals surface area contributed by atoms with Gasteiger partial charge in [-0.25, -0.2) is 13.1 Å². The van der Waals surface area contributed by atoms with Crippen LogP contribution in [0.4, 0.5) is 11.4 Å². The van der Waals surface area contributed by atoms with Gasteiger partial charge in [0.05, 0.1) is 28.5 Å². The normalized spacial score (nSPS) is 21.0. The molecular formula is C24H30N6O2S. The van der Waals surface area contributed by atoms with Gasteiger partial charge in [-0.15, -0.1) is 5.10 Å². The summed E-state index contributed by atoms with van der Waals surface area (Å²) >= 11 is 0. The Hall–Kier alpha value is -2.91. The Morgan fingerprint density at radius 2 is 1.67 bits per heavy atom. The fraction of sp³-hybridized carbons (Fsp3) is 0.417. The Morgan fingerprint density at radius 1 is 0.970 bits per heavy atom. The van der Waals surface area contributed by atoms with E-state index in [1.807, 2.05) is 59.4 Å². The molecule has 0 amide bonds. The molecule has 33 heavy (non-hydrogen) atoms. The second kappa shape index (κ2) is 8.79. The summed E-state index contributed by atoms with van der Waals surface area (Å²) in [4.78, 5) is 4.85. The molecule has 0 aliphatic carbocycles. The number of aromatic nitrogens is 3. The maximum atomic E-state index is 12.2. The molecule has 5 rings (SSSR count). The van der Waals surface area contributed by atoms with Gasteiger partial charge < -0.3 is 4.90 Å². The van der Waals surface area contributed by atoms with Crippen molar-refractivity contribution in [3.63, 3.8) is 0 Å². The Labute approximate surface area is 195 Å². The van der Waals surface area contributed by atoms with Crippen LogP contribution < -0.4 is 9.62 Å². The molecule has 8 nitrogen and oxygen atoms in total. The lowest BCUT2D eigenvalue weighted by Gasteiger charge is -2.23. The van der Waals surface area contributed by atoms with Gasteiger partial charge in [0.1, 0.15) is 0 Å². The number of rotatable bonds is 7. The molecule has 2 fully saturated rings. The molecule has 2 aliphatic rings. The lowest BCUT2D eigenvalue weighted by molar-refractivity contribution is 0.305. The highest BCUT2D eigenvalue weighted by Crippen LogP contribution is 2.35. The number of hydrogen-bond acceptors (Lipinski definition) is 6. The van der Waals surface area contributed by atoms with E-state index >= 15 is 0 Å². The summed E-state index contributed by atoms with van der Waals surface area (Å²) in [5, 5.41) is 8.18. The minimum absolute atomic E-state index is 0.465. The molecule has 0 radical (unpaired) electrons. The molecule has 2 atom stereocenters. The molecule has 2 aliphatic heterocycles. The minimum atomic E-state index is -3.35. The molecule has 1 aromatic heterocycles. The van der Waals surface area contributed by atoms with E-state index in [-0.39, 0.29) is 0 Å². The van der Waals surface area contributed by atoms with Crippen LogP contribution in [0.25, 0.3) is 5.69 Å². The second-order valence-corrected chi connectivity index (χ2v) is 11.6. The molecule has 3 heterocycles.